The third-order valence-electron chi connectivity index (χ3n) is 3.01. The molecule has 2 aliphatic rings. The number of aromatic nitrogens is 2. The molecule has 3 heterocycles. The summed E-state index contributed by atoms with van der Waals surface area (Å²) in [6.07, 6.45) is 3.28. The zero-order valence-corrected chi connectivity index (χ0v) is 11.3. The number of hydrogen-bond donors (Lipinski definition) is 0. The van der Waals surface area contributed by atoms with Gasteiger partial charge < -0.3 is 14.2 Å². The Labute approximate surface area is 112 Å². The SMILES string of the molecule is Ic1nccnc1OCC12COCN1COC2. The Morgan fingerprint density at radius 1 is 1.29 bits per heavy atom. The average molecular weight is 349 g/mol. The molecule has 6 nitrogen and oxygen atoms in total. The van der Waals surface area contributed by atoms with Crippen molar-refractivity contribution in [3.05, 3.63) is 16.1 Å². The first-order chi connectivity index (χ1) is 8.30. The predicted octanol–water partition coefficient (Wildman–Crippen LogP) is 0.476. The number of fused-ring (bicyclic) bond motifs is 1. The second-order valence-electron chi connectivity index (χ2n) is 4.16. The molecule has 0 N–H and O–H groups in total. The van der Waals surface area contributed by atoms with Gasteiger partial charge in [0.05, 0.1) is 13.2 Å². The van der Waals surface area contributed by atoms with Gasteiger partial charge in [0.25, 0.3) is 0 Å². The summed E-state index contributed by atoms with van der Waals surface area (Å²) in [5.74, 6) is 0.571. The number of halogens is 1. The molecule has 2 fully saturated rings. The van der Waals surface area contributed by atoms with Crippen molar-refractivity contribution in [1.82, 2.24) is 14.9 Å². The largest absolute Gasteiger partial charge is 0.474 e. The van der Waals surface area contributed by atoms with E-state index in [9.17, 15) is 0 Å². The second-order valence-corrected chi connectivity index (χ2v) is 5.18. The highest BCUT2D eigenvalue weighted by Gasteiger charge is 2.47. The van der Waals surface area contributed by atoms with E-state index >= 15 is 0 Å². The lowest BCUT2D eigenvalue weighted by molar-refractivity contribution is 0.0693. The third kappa shape index (κ3) is 2.12. The molecule has 92 valence electrons. The smallest absolute Gasteiger partial charge is 0.246 e. The molecule has 0 aliphatic carbocycles. The van der Waals surface area contributed by atoms with Crippen molar-refractivity contribution in [2.75, 3.05) is 33.3 Å². The van der Waals surface area contributed by atoms with Gasteiger partial charge in [-0.1, -0.05) is 0 Å². The van der Waals surface area contributed by atoms with E-state index in [0.717, 1.165) is 3.70 Å². The fourth-order valence-corrected chi connectivity index (χ4v) is 2.47. The van der Waals surface area contributed by atoms with Gasteiger partial charge in [0.2, 0.25) is 5.88 Å². The van der Waals surface area contributed by atoms with E-state index in [2.05, 4.69) is 37.5 Å². The number of nitrogens with zero attached hydrogens (tertiary/aromatic N) is 3. The minimum absolute atomic E-state index is 0.152. The Balaban J connectivity index is 1.70. The van der Waals surface area contributed by atoms with E-state index in [1.807, 2.05) is 0 Å². The minimum atomic E-state index is -0.152. The van der Waals surface area contributed by atoms with E-state index < -0.39 is 0 Å². The molecule has 3 rings (SSSR count). The highest BCUT2D eigenvalue weighted by molar-refractivity contribution is 14.1. The van der Waals surface area contributed by atoms with E-state index in [0.29, 0.717) is 39.2 Å². The monoisotopic (exact) mass is 349 g/mol. The fourth-order valence-electron chi connectivity index (χ4n) is 2.01. The summed E-state index contributed by atoms with van der Waals surface area (Å²) < 4.78 is 17.4. The van der Waals surface area contributed by atoms with Gasteiger partial charge in [-0.15, -0.1) is 0 Å². The van der Waals surface area contributed by atoms with Crippen molar-refractivity contribution in [3.8, 4) is 5.88 Å². The maximum atomic E-state index is 5.74. The number of ether oxygens (including phenoxy) is 3. The Morgan fingerprint density at radius 2 is 2.00 bits per heavy atom. The quantitative estimate of drug-likeness (QED) is 0.740. The average Bonchev–Trinajstić information content (AvgIpc) is 2.87. The Morgan fingerprint density at radius 3 is 2.71 bits per heavy atom. The maximum absolute atomic E-state index is 5.74. The van der Waals surface area contributed by atoms with Crippen LogP contribution in [0.5, 0.6) is 5.88 Å². The first-order valence-corrected chi connectivity index (χ1v) is 6.38. The van der Waals surface area contributed by atoms with Crippen LogP contribution in [0.15, 0.2) is 12.4 Å². The van der Waals surface area contributed by atoms with Crippen LogP contribution in [0.25, 0.3) is 0 Å². The van der Waals surface area contributed by atoms with Gasteiger partial charge in [-0.2, -0.15) is 0 Å². The van der Waals surface area contributed by atoms with Crippen molar-refractivity contribution in [3.63, 3.8) is 0 Å². The van der Waals surface area contributed by atoms with Crippen molar-refractivity contribution in [2.45, 2.75) is 5.54 Å². The van der Waals surface area contributed by atoms with Crippen LogP contribution in [0.2, 0.25) is 0 Å². The Kier molecular flexibility index (Phi) is 3.16. The molecular formula is C10H12IN3O3. The van der Waals surface area contributed by atoms with E-state index in [-0.39, 0.29) is 5.54 Å². The van der Waals surface area contributed by atoms with Crippen LogP contribution in [0.1, 0.15) is 0 Å². The molecule has 0 amide bonds. The third-order valence-corrected chi connectivity index (χ3v) is 3.75. The first-order valence-electron chi connectivity index (χ1n) is 5.30. The van der Waals surface area contributed by atoms with Crippen LogP contribution in [-0.4, -0.2) is 53.7 Å². The van der Waals surface area contributed by atoms with Crippen molar-refractivity contribution in [1.29, 1.82) is 0 Å². The van der Waals surface area contributed by atoms with Crippen molar-refractivity contribution >= 4 is 22.6 Å². The standard InChI is InChI=1S/C10H12IN3O3/c11-8-9(13-2-1-12-8)17-5-10-3-15-6-14(10)7-16-4-10/h1-2H,3-7H2. The Hall–Kier alpha value is -0.510. The van der Waals surface area contributed by atoms with Gasteiger partial charge in [0.1, 0.15) is 25.6 Å². The van der Waals surface area contributed by atoms with Gasteiger partial charge in [0.15, 0.2) is 3.70 Å². The molecule has 1 aromatic heterocycles. The molecule has 2 saturated heterocycles. The van der Waals surface area contributed by atoms with Crippen LogP contribution in [0.4, 0.5) is 0 Å². The van der Waals surface area contributed by atoms with Gasteiger partial charge in [0, 0.05) is 12.4 Å². The van der Waals surface area contributed by atoms with E-state index in [4.69, 9.17) is 14.2 Å². The predicted molar refractivity (Wildman–Crippen MR) is 66.5 cm³/mol. The van der Waals surface area contributed by atoms with Crippen LogP contribution in [0.3, 0.4) is 0 Å². The fraction of sp³-hybridized carbons (Fsp3) is 0.600. The summed E-state index contributed by atoms with van der Waals surface area (Å²) in [6, 6.07) is 0. The van der Waals surface area contributed by atoms with Crippen LogP contribution in [0, 0.1) is 3.70 Å². The molecule has 0 unspecified atom stereocenters. The lowest BCUT2D eigenvalue weighted by Gasteiger charge is -2.26. The molecule has 1 aromatic rings. The molecule has 7 heteroatoms. The zero-order valence-electron chi connectivity index (χ0n) is 9.13. The molecular weight excluding hydrogens is 337 g/mol. The summed E-state index contributed by atoms with van der Waals surface area (Å²) in [5, 5.41) is 0. The zero-order chi connectivity index (χ0) is 11.7. The summed E-state index contributed by atoms with van der Waals surface area (Å²) in [4.78, 5) is 10.4. The number of rotatable bonds is 3. The lowest BCUT2D eigenvalue weighted by Crippen LogP contribution is -2.48. The van der Waals surface area contributed by atoms with Crippen LogP contribution >= 0.6 is 22.6 Å². The summed E-state index contributed by atoms with van der Waals surface area (Å²) in [7, 11) is 0. The Bertz CT molecular complexity index is 408. The second kappa shape index (κ2) is 4.63. The first kappa shape index (κ1) is 11.6. The molecule has 2 aliphatic heterocycles. The summed E-state index contributed by atoms with van der Waals surface area (Å²) in [5.41, 5.74) is -0.152. The van der Waals surface area contributed by atoms with Gasteiger partial charge in [-0.05, 0) is 22.6 Å². The van der Waals surface area contributed by atoms with Crippen molar-refractivity contribution < 1.29 is 14.2 Å². The van der Waals surface area contributed by atoms with Gasteiger partial charge in [-0.3, -0.25) is 0 Å². The van der Waals surface area contributed by atoms with E-state index in [1.54, 1.807) is 12.4 Å². The van der Waals surface area contributed by atoms with Crippen LogP contribution in [-0.2, 0) is 9.47 Å². The molecule has 0 radical (unpaired) electrons. The van der Waals surface area contributed by atoms with Gasteiger partial charge in [-0.25, -0.2) is 14.9 Å². The molecule has 0 bridgehead atoms. The highest BCUT2D eigenvalue weighted by Crippen LogP contribution is 2.29. The molecule has 0 atom stereocenters. The summed E-state index contributed by atoms with van der Waals surface area (Å²) in [6.45, 7) is 3.03. The molecule has 0 aromatic carbocycles. The van der Waals surface area contributed by atoms with Crippen molar-refractivity contribution in [2.24, 2.45) is 0 Å². The minimum Gasteiger partial charge on any atom is -0.474 e. The van der Waals surface area contributed by atoms with E-state index in [1.165, 1.54) is 0 Å². The molecule has 0 spiro atoms. The molecule has 17 heavy (non-hydrogen) atoms. The summed E-state index contributed by atoms with van der Waals surface area (Å²) >= 11 is 2.11. The normalized spacial score (nSPS) is 22.6. The topological polar surface area (TPSA) is 56.7 Å². The highest BCUT2D eigenvalue weighted by atomic mass is 127. The maximum Gasteiger partial charge on any atom is 0.246 e. The lowest BCUT2D eigenvalue weighted by atomic mass is 10.0. The molecule has 0 saturated carbocycles. The van der Waals surface area contributed by atoms with Gasteiger partial charge >= 0.3 is 0 Å². The van der Waals surface area contributed by atoms with Crippen LogP contribution < -0.4 is 4.74 Å². The number of hydrogen-bond acceptors (Lipinski definition) is 6.